The monoisotopic (exact) mass is 423 g/mol. The van der Waals surface area contributed by atoms with Crippen molar-refractivity contribution in [3.8, 4) is 0 Å². The minimum Gasteiger partial charge on any atom is -0.385 e. The van der Waals surface area contributed by atoms with Crippen molar-refractivity contribution in [1.29, 1.82) is 0 Å². The molecule has 0 radical (unpaired) electrons. The summed E-state index contributed by atoms with van der Waals surface area (Å²) in [5, 5.41) is 5.44. The van der Waals surface area contributed by atoms with Crippen LogP contribution in [0.4, 0.5) is 5.13 Å². The first-order valence-corrected chi connectivity index (χ1v) is 11.0. The molecule has 0 spiro atoms. The van der Waals surface area contributed by atoms with Crippen molar-refractivity contribution in [2.45, 2.75) is 25.7 Å². The molecule has 1 aromatic rings. The molecule has 2 saturated heterocycles. The fourth-order valence-corrected chi connectivity index (χ4v) is 4.35. The molecular formula is C19H29N5O4S. The SMILES string of the molecule is COCCCNC(=O)CN1CCN(C(=O)Cc2csc(N3CCCC3=O)n2)CC1. The lowest BCUT2D eigenvalue weighted by molar-refractivity contribution is -0.132. The summed E-state index contributed by atoms with van der Waals surface area (Å²) in [5.74, 6) is 0.154. The Morgan fingerprint density at radius 1 is 1.24 bits per heavy atom. The number of anilines is 1. The van der Waals surface area contributed by atoms with Crippen LogP contribution in [0, 0.1) is 0 Å². The van der Waals surface area contributed by atoms with Gasteiger partial charge in [0.05, 0.1) is 18.7 Å². The number of carbonyl (C=O) groups excluding carboxylic acids is 3. The average Bonchev–Trinajstić information content (AvgIpc) is 3.34. The summed E-state index contributed by atoms with van der Waals surface area (Å²) in [6, 6.07) is 0. The number of thiazole rings is 1. The number of piperazine rings is 1. The summed E-state index contributed by atoms with van der Waals surface area (Å²) in [6.45, 7) is 4.90. The van der Waals surface area contributed by atoms with Crippen LogP contribution in [0.3, 0.4) is 0 Å². The Bertz CT molecular complexity index is 717. The van der Waals surface area contributed by atoms with E-state index >= 15 is 0 Å². The molecule has 9 nitrogen and oxygen atoms in total. The first-order chi connectivity index (χ1) is 14.1. The number of amides is 3. The van der Waals surface area contributed by atoms with E-state index < -0.39 is 0 Å². The van der Waals surface area contributed by atoms with E-state index in [0.29, 0.717) is 69.7 Å². The van der Waals surface area contributed by atoms with Crippen molar-refractivity contribution in [2.75, 3.05) is 64.4 Å². The summed E-state index contributed by atoms with van der Waals surface area (Å²) in [4.78, 5) is 46.5. The molecule has 3 amide bonds. The predicted octanol–water partition coefficient (Wildman–Crippen LogP) is 0.109. The number of ether oxygens (including phenoxy) is 1. The lowest BCUT2D eigenvalue weighted by Crippen LogP contribution is -2.51. The van der Waals surface area contributed by atoms with E-state index in [-0.39, 0.29) is 24.1 Å². The van der Waals surface area contributed by atoms with Crippen LogP contribution in [0.5, 0.6) is 0 Å². The molecule has 1 N–H and O–H groups in total. The van der Waals surface area contributed by atoms with Crippen molar-refractivity contribution in [1.82, 2.24) is 20.1 Å². The molecule has 10 heteroatoms. The van der Waals surface area contributed by atoms with Gasteiger partial charge in [0.25, 0.3) is 0 Å². The fourth-order valence-electron chi connectivity index (χ4n) is 3.48. The first kappa shape index (κ1) is 21.7. The Morgan fingerprint density at radius 2 is 2.03 bits per heavy atom. The van der Waals surface area contributed by atoms with Gasteiger partial charge in [0.2, 0.25) is 17.7 Å². The van der Waals surface area contributed by atoms with Gasteiger partial charge in [0.1, 0.15) is 0 Å². The lowest BCUT2D eigenvalue weighted by Gasteiger charge is -2.34. The van der Waals surface area contributed by atoms with Gasteiger partial charge in [-0.2, -0.15) is 0 Å². The molecular weight excluding hydrogens is 394 g/mol. The zero-order valence-electron chi connectivity index (χ0n) is 16.9. The Hall–Kier alpha value is -2.04. The number of rotatable bonds is 9. The van der Waals surface area contributed by atoms with Crippen molar-refractivity contribution in [3.05, 3.63) is 11.1 Å². The van der Waals surface area contributed by atoms with E-state index in [1.54, 1.807) is 12.0 Å². The van der Waals surface area contributed by atoms with Crippen LogP contribution in [0.1, 0.15) is 25.0 Å². The van der Waals surface area contributed by atoms with Crippen LogP contribution in [0.25, 0.3) is 0 Å². The molecule has 3 heterocycles. The minimum atomic E-state index is 0.00680. The first-order valence-electron chi connectivity index (χ1n) is 10.1. The van der Waals surface area contributed by atoms with E-state index in [1.807, 2.05) is 10.3 Å². The molecule has 1 aromatic heterocycles. The van der Waals surface area contributed by atoms with Gasteiger partial charge < -0.3 is 15.0 Å². The van der Waals surface area contributed by atoms with E-state index in [0.717, 1.165) is 12.8 Å². The molecule has 2 fully saturated rings. The van der Waals surface area contributed by atoms with Gasteiger partial charge in [-0.1, -0.05) is 0 Å². The maximum atomic E-state index is 12.6. The maximum Gasteiger partial charge on any atom is 0.234 e. The van der Waals surface area contributed by atoms with Gasteiger partial charge in [0.15, 0.2) is 5.13 Å². The highest BCUT2D eigenvalue weighted by molar-refractivity contribution is 7.14. The van der Waals surface area contributed by atoms with Crippen LogP contribution < -0.4 is 10.2 Å². The zero-order valence-corrected chi connectivity index (χ0v) is 17.7. The van der Waals surface area contributed by atoms with Crippen molar-refractivity contribution in [3.63, 3.8) is 0 Å². The number of nitrogens with zero attached hydrogens (tertiary/aromatic N) is 4. The summed E-state index contributed by atoms with van der Waals surface area (Å²) in [6.07, 6.45) is 2.48. The number of carbonyl (C=O) groups is 3. The highest BCUT2D eigenvalue weighted by Gasteiger charge is 2.26. The zero-order chi connectivity index (χ0) is 20.6. The van der Waals surface area contributed by atoms with Crippen molar-refractivity contribution in [2.24, 2.45) is 0 Å². The standard InChI is InChI=1S/C19H29N5O4S/c1-28-11-3-5-20-16(25)13-22-7-9-23(10-8-22)18(27)12-15-14-29-19(21-15)24-6-2-4-17(24)26/h14H,2-13H2,1H3,(H,20,25). The summed E-state index contributed by atoms with van der Waals surface area (Å²) < 4.78 is 4.96. The van der Waals surface area contributed by atoms with E-state index in [4.69, 9.17) is 4.74 Å². The third-order valence-electron chi connectivity index (χ3n) is 5.12. The van der Waals surface area contributed by atoms with Gasteiger partial charge >= 0.3 is 0 Å². The number of nitrogens with one attached hydrogen (secondary N) is 1. The van der Waals surface area contributed by atoms with Gasteiger partial charge in [-0.15, -0.1) is 11.3 Å². The molecule has 3 rings (SSSR count). The molecule has 0 saturated carbocycles. The third kappa shape index (κ3) is 6.22. The quantitative estimate of drug-likeness (QED) is 0.567. The molecule has 0 aliphatic carbocycles. The smallest absolute Gasteiger partial charge is 0.234 e. The van der Waals surface area contributed by atoms with Crippen LogP contribution in [-0.2, 0) is 25.5 Å². The molecule has 0 bridgehead atoms. The Balaban J connectivity index is 1.38. The van der Waals surface area contributed by atoms with Crippen molar-refractivity contribution >= 4 is 34.2 Å². The van der Waals surface area contributed by atoms with Crippen LogP contribution in [0.2, 0.25) is 0 Å². The average molecular weight is 424 g/mol. The normalized spacial score (nSPS) is 17.8. The van der Waals surface area contributed by atoms with Crippen LogP contribution in [0.15, 0.2) is 5.38 Å². The topological polar surface area (TPSA) is 95.1 Å². The second-order valence-corrected chi connectivity index (χ2v) is 8.14. The molecule has 0 unspecified atom stereocenters. The predicted molar refractivity (Wildman–Crippen MR) is 110 cm³/mol. The van der Waals surface area contributed by atoms with Crippen LogP contribution >= 0.6 is 11.3 Å². The maximum absolute atomic E-state index is 12.6. The van der Waals surface area contributed by atoms with E-state index in [2.05, 4.69) is 15.2 Å². The number of hydrogen-bond donors (Lipinski definition) is 1. The van der Waals surface area contributed by atoms with E-state index in [9.17, 15) is 14.4 Å². The highest BCUT2D eigenvalue weighted by Crippen LogP contribution is 2.25. The molecule has 0 aromatic carbocycles. The molecule has 2 aliphatic heterocycles. The molecule has 29 heavy (non-hydrogen) atoms. The molecule has 160 valence electrons. The number of hydrogen-bond acceptors (Lipinski definition) is 7. The number of aromatic nitrogens is 1. The van der Waals surface area contributed by atoms with Crippen LogP contribution in [-0.4, -0.2) is 92.0 Å². The van der Waals surface area contributed by atoms with E-state index in [1.165, 1.54) is 11.3 Å². The highest BCUT2D eigenvalue weighted by atomic mass is 32.1. The fraction of sp³-hybridized carbons (Fsp3) is 0.684. The summed E-state index contributed by atoms with van der Waals surface area (Å²) in [7, 11) is 1.64. The summed E-state index contributed by atoms with van der Waals surface area (Å²) in [5.41, 5.74) is 0.715. The summed E-state index contributed by atoms with van der Waals surface area (Å²) >= 11 is 1.42. The second-order valence-electron chi connectivity index (χ2n) is 7.30. The van der Waals surface area contributed by atoms with Crippen molar-refractivity contribution < 1.29 is 19.1 Å². The van der Waals surface area contributed by atoms with Gasteiger partial charge in [-0.25, -0.2) is 4.98 Å². The van der Waals surface area contributed by atoms with Gasteiger partial charge in [-0.3, -0.25) is 24.2 Å². The lowest BCUT2D eigenvalue weighted by atomic mass is 10.2. The Labute approximate surface area is 175 Å². The Morgan fingerprint density at radius 3 is 2.72 bits per heavy atom. The Kier molecular flexibility index (Phi) is 7.96. The second kappa shape index (κ2) is 10.7. The molecule has 0 atom stereocenters. The minimum absolute atomic E-state index is 0.00680. The third-order valence-corrected chi connectivity index (χ3v) is 6.03. The number of methoxy groups -OCH3 is 1. The largest absolute Gasteiger partial charge is 0.385 e. The van der Waals surface area contributed by atoms with Gasteiger partial charge in [0, 0.05) is 64.8 Å². The molecule has 2 aliphatic rings. The van der Waals surface area contributed by atoms with Gasteiger partial charge in [-0.05, 0) is 12.8 Å².